The van der Waals surface area contributed by atoms with Gasteiger partial charge in [-0.05, 0) is 55.2 Å². The van der Waals surface area contributed by atoms with Gasteiger partial charge in [-0.3, -0.25) is 9.59 Å². The Hall–Kier alpha value is -1.76. The van der Waals surface area contributed by atoms with Gasteiger partial charge in [-0.2, -0.15) is 13.2 Å². The summed E-state index contributed by atoms with van der Waals surface area (Å²) in [5.41, 5.74) is -0.997. The Morgan fingerprint density at radius 1 is 1.04 bits per heavy atom. The molecule has 1 aromatic carbocycles. The molecule has 2 amide bonds. The monoisotopic (exact) mass is 404 g/mol. The minimum absolute atomic E-state index is 0.0993. The van der Waals surface area contributed by atoms with Crippen LogP contribution in [0, 0.1) is 11.3 Å². The standard InChI is InChI=1S/C19H24ClF3N2O2/c1-18(2,3)11-4-6-12(7-5-11)24-16(26)17(27)25-13-8-9-15(20)14(10-13)19(21,22)23/h8-12H,4-7H2,1-3H3,(H,24,26)(H,25,27). The van der Waals surface area contributed by atoms with E-state index in [-0.39, 0.29) is 17.1 Å². The van der Waals surface area contributed by atoms with Crippen molar-refractivity contribution < 1.29 is 22.8 Å². The van der Waals surface area contributed by atoms with Gasteiger partial charge in [0.2, 0.25) is 0 Å². The number of benzene rings is 1. The molecule has 0 spiro atoms. The van der Waals surface area contributed by atoms with Gasteiger partial charge < -0.3 is 10.6 Å². The fourth-order valence-electron chi connectivity index (χ4n) is 3.36. The van der Waals surface area contributed by atoms with Gasteiger partial charge >= 0.3 is 18.0 Å². The van der Waals surface area contributed by atoms with Gasteiger partial charge in [0, 0.05) is 11.7 Å². The number of nitrogens with one attached hydrogen (secondary N) is 2. The lowest BCUT2D eigenvalue weighted by Crippen LogP contribution is -2.44. The third-order valence-corrected chi connectivity index (χ3v) is 5.35. The van der Waals surface area contributed by atoms with Gasteiger partial charge in [-0.1, -0.05) is 32.4 Å². The highest BCUT2D eigenvalue weighted by molar-refractivity contribution is 6.39. The normalized spacial score (nSPS) is 20.9. The van der Waals surface area contributed by atoms with E-state index in [2.05, 4.69) is 31.4 Å². The van der Waals surface area contributed by atoms with Crippen molar-refractivity contribution in [2.75, 3.05) is 5.32 Å². The Morgan fingerprint density at radius 3 is 2.15 bits per heavy atom. The summed E-state index contributed by atoms with van der Waals surface area (Å²) in [4.78, 5) is 24.1. The second-order valence-corrected chi connectivity index (χ2v) is 8.44. The smallest absolute Gasteiger partial charge is 0.345 e. The molecule has 0 radical (unpaired) electrons. The third kappa shape index (κ3) is 5.86. The molecule has 0 aliphatic heterocycles. The molecular formula is C19H24ClF3N2O2. The number of amides is 2. The molecule has 0 saturated heterocycles. The van der Waals surface area contributed by atoms with Crippen molar-refractivity contribution in [1.82, 2.24) is 5.32 Å². The van der Waals surface area contributed by atoms with Crippen LogP contribution in [0.4, 0.5) is 18.9 Å². The molecule has 2 N–H and O–H groups in total. The molecule has 1 fully saturated rings. The highest BCUT2D eigenvalue weighted by Gasteiger charge is 2.34. The van der Waals surface area contributed by atoms with E-state index in [4.69, 9.17) is 11.6 Å². The second-order valence-electron chi connectivity index (χ2n) is 8.03. The summed E-state index contributed by atoms with van der Waals surface area (Å²) in [5.74, 6) is -1.28. The Kier molecular flexibility index (Phi) is 6.45. The number of alkyl halides is 3. The molecule has 0 bridgehead atoms. The summed E-state index contributed by atoms with van der Waals surface area (Å²) < 4.78 is 38.6. The van der Waals surface area contributed by atoms with Crippen LogP contribution in [0.5, 0.6) is 0 Å². The van der Waals surface area contributed by atoms with Gasteiger partial charge in [0.05, 0.1) is 10.6 Å². The van der Waals surface area contributed by atoms with Crippen LogP contribution < -0.4 is 10.6 Å². The van der Waals surface area contributed by atoms with Crippen LogP contribution >= 0.6 is 11.6 Å². The first-order valence-electron chi connectivity index (χ1n) is 8.86. The van der Waals surface area contributed by atoms with E-state index >= 15 is 0 Å². The number of anilines is 1. The first kappa shape index (κ1) is 21.5. The van der Waals surface area contributed by atoms with E-state index in [9.17, 15) is 22.8 Å². The van der Waals surface area contributed by atoms with Crippen LogP contribution in [0.1, 0.15) is 52.0 Å². The molecule has 1 aliphatic carbocycles. The first-order valence-corrected chi connectivity index (χ1v) is 9.24. The molecule has 0 aromatic heterocycles. The summed E-state index contributed by atoms with van der Waals surface area (Å²) in [7, 11) is 0. The largest absolute Gasteiger partial charge is 0.417 e. The van der Waals surface area contributed by atoms with Crippen molar-refractivity contribution in [2.24, 2.45) is 11.3 Å². The van der Waals surface area contributed by atoms with Crippen molar-refractivity contribution in [3.05, 3.63) is 28.8 Å². The molecule has 8 heteroatoms. The van der Waals surface area contributed by atoms with Crippen molar-refractivity contribution >= 4 is 29.1 Å². The number of halogens is 4. The van der Waals surface area contributed by atoms with Crippen LogP contribution in [-0.4, -0.2) is 17.9 Å². The van der Waals surface area contributed by atoms with E-state index in [0.29, 0.717) is 12.0 Å². The van der Waals surface area contributed by atoms with Crippen LogP contribution in [0.25, 0.3) is 0 Å². The van der Waals surface area contributed by atoms with Crippen LogP contribution in [0.15, 0.2) is 18.2 Å². The predicted molar refractivity (Wildman–Crippen MR) is 98.4 cm³/mol. The SMILES string of the molecule is CC(C)(C)C1CCC(NC(=O)C(=O)Nc2ccc(Cl)c(C(F)(F)F)c2)CC1. The van der Waals surface area contributed by atoms with Crippen LogP contribution in [0.3, 0.4) is 0 Å². The number of carbonyl (C=O) groups excluding carboxylic acids is 2. The van der Waals surface area contributed by atoms with Crippen molar-refractivity contribution in [3.63, 3.8) is 0 Å². The lowest BCUT2D eigenvalue weighted by atomic mass is 9.71. The maximum Gasteiger partial charge on any atom is 0.417 e. The Balaban J connectivity index is 1.93. The fraction of sp³-hybridized carbons (Fsp3) is 0.579. The lowest BCUT2D eigenvalue weighted by Gasteiger charge is -2.37. The Bertz CT molecular complexity index is 706. The number of hydrogen-bond donors (Lipinski definition) is 2. The number of rotatable bonds is 2. The van der Waals surface area contributed by atoms with Gasteiger partial charge in [0.1, 0.15) is 0 Å². The highest BCUT2D eigenvalue weighted by atomic mass is 35.5. The summed E-state index contributed by atoms with van der Waals surface area (Å²) >= 11 is 5.54. The first-order chi connectivity index (χ1) is 12.4. The van der Waals surface area contributed by atoms with Gasteiger partial charge in [0.15, 0.2) is 0 Å². The molecule has 1 saturated carbocycles. The lowest BCUT2D eigenvalue weighted by molar-refractivity contribution is -0.137. The van der Waals surface area contributed by atoms with Gasteiger partial charge in [-0.25, -0.2) is 0 Å². The molecular weight excluding hydrogens is 381 g/mol. The van der Waals surface area contributed by atoms with Crippen molar-refractivity contribution in [2.45, 2.75) is 58.7 Å². The molecule has 1 aliphatic rings. The molecule has 4 nitrogen and oxygen atoms in total. The Morgan fingerprint density at radius 2 is 1.63 bits per heavy atom. The van der Waals surface area contributed by atoms with E-state index in [1.807, 2.05) is 0 Å². The van der Waals surface area contributed by atoms with E-state index < -0.39 is 28.6 Å². The van der Waals surface area contributed by atoms with E-state index in [1.165, 1.54) is 6.07 Å². The fourth-order valence-corrected chi connectivity index (χ4v) is 3.59. The average Bonchev–Trinajstić information content (AvgIpc) is 2.55. The number of carbonyl (C=O) groups is 2. The molecule has 0 heterocycles. The van der Waals surface area contributed by atoms with Crippen molar-refractivity contribution in [3.8, 4) is 0 Å². The van der Waals surface area contributed by atoms with Crippen LogP contribution in [-0.2, 0) is 15.8 Å². The minimum Gasteiger partial charge on any atom is -0.345 e. The highest BCUT2D eigenvalue weighted by Crippen LogP contribution is 2.38. The molecule has 150 valence electrons. The molecule has 0 atom stereocenters. The molecule has 0 unspecified atom stereocenters. The van der Waals surface area contributed by atoms with Gasteiger partial charge in [0.25, 0.3) is 0 Å². The summed E-state index contributed by atoms with van der Waals surface area (Å²) in [6.45, 7) is 6.56. The van der Waals surface area contributed by atoms with E-state index in [1.54, 1.807) is 0 Å². The zero-order valence-corrected chi connectivity index (χ0v) is 16.3. The van der Waals surface area contributed by atoms with E-state index in [0.717, 1.165) is 31.7 Å². The zero-order chi connectivity index (χ0) is 20.4. The average molecular weight is 405 g/mol. The zero-order valence-electron chi connectivity index (χ0n) is 15.5. The Labute approximate surface area is 161 Å². The minimum atomic E-state index is -4.65. The third-order valence-electron chi connectivity index (χ3n) is 5.02. The summed E-state index contributed by atoms with van der Waals surface area (Å²) in [5, 5.41) is 4.39. The quantitative estimate of drug-likeness (QED) is 0.680. The maximum absolute atomic E-state index is 12.9. The topological polar surface area (TPSA) is 58.2 Å². The van der Waals surface area contributed by atoms with Crippen molar-refractivity contribution in [1.29, 1.82) is 0 Å². The summed E-state index contributed by atoms with van der Waals surface area (Å²) in [6.07, 6.45) is -1.17. The molecule has 1 aromatic rings. The molecule has 2 rings (SSSR count). The maximum atomic E-state index is 12.9. The number of hydrogen-bond acceptors (Lipinski definition) is 2. The molecule has 27 heavy (non-hydrogen) atoms. The predicted octanol–water partition coefficient (Wildman–Crippen LogP) is 5.02. The van der Waals surface area contributed by atoms with Crippen LogP contribution in [0.2, 0.25) is 5.02 Å². The summed E-state index contributed by atoms with van der Waals surface area (Å²) in [6, 6.07) is 2.86. The second kappa shape index (κ2) is 8.09. The van der Waals surface area contributed by atoms with Gasteiger partial charge in [-0.15, -0.1) is 0 Å².